The first kappa shape index (κ1) is 18.1. The number of nitrogens with one attached hydrogen (secondary N) is 2. The van der Waals surface area contributed by atoms with Gasteiger partial charge in [0, 0.05) is 24.8 Å². The fourth-order valence-electron chi connectivity index (χ4n) is 3.08. The van der Waals surface area contributed by atoms with Crippen LogP contribution < -0.4 is 10.0 Å². The lowest BCUT2D eigenvalue weighted by Gasteiger charge is -2.30. The van der Waals surface area contributed by atoms with Crippen molar-refractivity contribution < 1.29 is 17.9 Å². The summed E-state index contributed by atoms with van der Waals surface area (Å²) in [5, 5.41) is 3.02. The van der Waals surface area contributed by atoms with E-state index in [9.17, 15) is 13.2 Å². The Morgan fingerprint density at radius 1 is 1.32 bits per heavy atom. The first-order valence-corrected chi connectivity index (χ1v) is 10.1. The molecule has 0 aromatic heterocycles. The number of carbonyl (C=O) groups is 1. The smallest absolute Gasteiger partial charge is 0.251 e. The largest absolute Gasteiger partial charge is 0.378 e. The summed E-state index contributed by atoms with van der Waals surface area (Å²) >= 11 is 0. The Labute approximate surface area is 148 Å². The molecule has 1 amide bonds. The van der Waals surface area contributed by atoms with Gasteiger partial charge in [-0.1, -0.05) is 12.1 Å². The maximum absolute atomic E-state index is 12.5. The maximum Gasteiger partial charge on any atom is 0.251 e. The molecule has 1 aromatic carbocycles. The normalized spacial score (nSPS) is 23.8. The summed E-state index contributed by atoms with van der Waals surface area (Å²) in [5.74, 6) is 0.395. The molecule has 0 spiro atoms. The third-order valence-corrected chi connectivity index (χ3v) is 6.04. The highest BCUT2D eigenvalue weighted by atomic mass is 32.2. The van der Waals surface area contributed by atoms with E-state index >= 15 is 0 Å². The van der Waals surface area contributed by atoms with Crippen LogP contribution >= 0.6 is 0 Å². The summed E-state index contributed by atoms with van der Waals surface area (Å²) < 4.78 is 32.5. The minimum Gasteiger partial charge on any atom is -0.378 e. The van der Waals surface area contributed by atoms with Gasteiger partial charge in [0.25, 0.3) is 5.91 Å². The van der Waals surface area contributed by atoms with Gasteiger partial charge in [-0.05, 0) is 49.8 Å². The van der Waals surface area contributed by atoms with Gasteiger partial charge >= 0.3 is 0 Å². The van der Waals surface area contributed by atoms with E-state index in [0.717, 1.165) is 12.8 Å². The number of ether oxygens (including phenoxy) is 1. The molecule has 7 heteroatoms. The zero-order chi connectivity index (χ0) is 17.9. The summed E-state index contributed by atoms with van der Waals surface area (Å²) in [6.07, 6.45) is 5.75. The third-order valence-electron chi connectivity index (χ3n) is 4.62. The first-order valence-electron chi connectivity index (χ1n) is 8.62. The molecule has 25 heavy (non-hydrogen) atoms. The van der Waals surface area contributed by atoms with Gasteiger partial charge in [0.15, 0.2) is 0 Å². The van der Waals surface area contributed by atoms with Gasteiger partial charge in [-0.15, -0.1) is 6.58 Å². The van der Waals surface area contributed by atoms with Crippen LogP contribution in [0.3, 0.4) is 0 Å². The van der Waals surface area contributed by atoms with E-state index in [1.54, 1.807) is 12.1 Å². The number of amides is 1. The molecule has 0 radical (unpaired) electrons. The van der Waals surface area contributed by atoms with Crippen LogP contribution in [0.25, 0.3) is 0 Å². The van der Waals surface area contributed by atoms with Gasteiger partial charge in [0.1, 0.15) is 0 Å². The van der Waals surface area contributed by atoms with E-state index in [2.05, 4.69) is 16.6 Å². The van der Waals surface area contributed by atoms with Crippen LogP contribution in [0.15, 0.2) is 41.8 Å². The second kappa shape index (κ2) is 7.68. The molecule has 1 saturated heterocycles. The molecular formula is C18H24N2O4S. The number of sulfonamides is 1. The lowest BCUT2D eigenvalue weighted by Crippen LogP contribution is -2.42. The van der Waals surface area contributed by atoms with Crippen LogP contribution in [0.4, 0.5) is 0 Å². The van der Waals surface area contributed by atoms with Gasteiger partial charge in [-0.3, -0.25) is 4.79 Å². The summed E-state index contributed by atoms with van der Waals surface area (Å²) in [7, 11) is -3.64. The predicted octanol–water partition coefficient (Wildman–Crippen LogP) is 1.84. The number of carbonyl (C=O) groups excluding carboxylic acids is 1. The Morgan fingerprint density at radius 2 is 2.12 bits per heavy atom. The van der Waals surface area contributed by atoms with Gasteiger partial charge in [-0.25, -0.2) is 13.1 Å². The van der Waals surface area contributed by atoms with Crippen molar-refractivity contribution in [2.45, 2.75) is 42.7 Å². The average molecular weight is 364 g/mol. The standard InChI is InChI=1S/C18H24N2O4S/c1-2-9-19-25(22,23)16-5-3-4-14(11-16)18(21)20-15-8-10-24-17(12-15)13-6-7-13/h2-5,11,13,15,17,19H,1,6-10,12H2,(H,20,21)/t15-,17+/m1/s1. The van der Waals surface area contributed by atoms with Crippen LogP contribution in [0, 0.1) is 5.92 Å². The van der Waals surface area contributed by atoms with Crippen LogP contribution in [-0.4, -0.2) is 39.6 Å². The zero-order valence-corrected chi connectivity index (χ0v) is 14.9. The topological polar surface area (TPSA) is 84.5 Å². The molecule has 0 bridgehead atoms. The Hall–Kier alpha value is -1.70. The Bertz CT molecular complexity index is 743. The minimum atomic E-state index is -3.64. The van der Waals surface area contributed by atoms with E-state index in [1.807, 2.05) is 0 Å². The summed E-state index contributed by atoms with van der Waals surface area (Å²) in [6.45, 7) is 4.29. The molecular weight excluding hydrogens is 340 g/mol. The summed E-state index contributed by atoms with van der Waals surface area (Å²) in [6, 6.07) is 6.15. The van der Waals surface area contributed by atoms with E-state index in [-0.39, 0.29) is 29.5 Å². The van der Waals surface area contributed by atoms with Crippen molar-refractivity contribution in [3.8, 4) is 0 Å². The van der Waals surface area contributed by atoms with E-state index in [4.69, 9.17) is 4.74 Å². The monoisotopic (exact) mass is 364 g/mol. The number of hydrogen-bond acceptors (Lipinski definition) is 4. The average Bonchev–Trinajstić information content (AvgIpc) is 3.45. The van der Waals surface area contributed by atoms with Crippen molar-refractivity contribution in [3.05, 3.63) is 42.5 Å². The van der Waals surface area contributed by atoms with Crippen molar-refractivity contribution in [2.24, 2.45) is 5.92 Å². The number of hydrogen-bond donors (Lipinski definition) is 2. The van der Waals surface area contributed by atoms with Crippen molar-refractivity contribution in [2.75, 3.05) is 13.2 Å². The molecule has 136 valence electrons. The van der Waals surface area contributed by atoms with Crippen LogP contribution in [0.2, 0.25) is 0 Å². The van der Waals surface area contributed by atoms with Crippen LogP contribution in [0.1, 0.15) is 36.0 Å². The lowest BCUT2D eigenvalue weighted by molar-refractivity contribution is -0.0102. The first-order chi connectivity index (χ1) is 12.0. The molecule has 1 aromatic rings. The van der Waals surface area contributed by atoms with E-state index in [0.29, 0.717) is 18.1 Å². The van der Waals surface area contributed by atoms with Crippen molar-refractivity contribution >= 4 is 15.9 Å². The van der Waals surface area contributed by atoms with Crippen LogP contribution in [-0.2, 0) is 14.8 Å². The van der Waals surface area contributed by atoms with Gasteiger partial charge in [0.2, 0.25) is 10.0 Å². The highest BCUT2D eigenvalue weighted by Gasteiger charge is 2.36. The van der Waals surface area contributed by atoms with Gasteiger partial charge in [-0.2, -0.15) is 0 Å². The molecule has 1 aliphatic carbocycles. The second-order valence-electron chi connectivity index (χ2n) is 6.61. The van der Waals surface area contributed by atoms with Gasteiger partial charge < -0.3 is 10.1 Å². The molecule has 1 aliphatic heterocycles. The maximum atomic E-state index is 12.5. The minimum absolute atomic E-state index is 0.0739. The van der Waals surface area contributed by atoms with Crippen molar-refractivity contribution in [3.63, 3.8) is 0 Å². The quantitative estimate of drug-likeness (QED) is 0.723. The summed E-state index contributed by atoms with van der Waals surface area (Å²) in [5.41, 5.74) is 0.343. The SMILES string of the molecule is C=CCNS(=O)(=O)c1cccc(C(=O)N[C@@H]2CCO[C@H](C3CC3)C2)c1. The van der Waals surface area contributed by atoms with Crippen molar-refractivity contribution in [1.82, 2.24) is 10.0 Å². The highest BCUT2D eigenvalue weighted by Crippen LogP contribution is 2.38. The Balaban J connectivity index is 1.65. The zero-order valence-electron chi connectivity index (χ0n) is 14.1. The third kappa shape index (κ3) is 4.68. The Kier molecular flexibility index (Phi) is 5.56. The lowest BCUT2D eigenvalue weighted by atomic mass is 9.99. The molecule has 2 atom stereocenters. The van der Waals surface area contributed by atoms with Crippen molar-refractivity contribution in [1.29, 1.82) is 0 Å². The fourth-order valence-corrected chi connectivity index (χ4v) is 4.12. The van der Waals surface area contributed by atoms with Gasteiger partial charge in [0.05, 0.1) is 11.0 Å². The molecule has 0 unspecified atom stereocenters. The molecule has 2 aliphatic rings. The Morgan fingerprint density at radius 3 is 2.84 bits per heavy atom. The molecule has 2 N–H and O–H groups in total. The van der Waals surface area contributed by atoms with E-state index < -0.39 is 10.0 Å². The number of rotatable bonds is 7. The van der Waals surface area contributed by atoms with Crippen LogP contribution in [0.5, 0.6) is 0 Å². The summed E-state index contributed by atoms with van der Waals surface area (Å²) in [4.78, 5) is 12.6. The van der Waals surface area contributed by atoms with E-state index in [1.165, 1.54) is 31.1 Å². The predicted molar refractivity (Wildman–Crippen MR) is 94.8 cm³/mol. The second-order valence-corrected chi connectivity index (χ2v) is 8.38. The molecule has 1 saturated carbocycles. The number of benzene rings is 1. The highest BCUT2D eigenvalue weighted by molar-refractivity contribution is 7.89. The fraction of sp³-hybridized carbons (Fsp3) is 0.500. The molecule has 2 fully saturated rings. The molecule has 6 nitrogen and oxygen atoms in total. The molecule has 3 rings (SSSR count). The molecule has 1 heterocycles.